The summed E-state index contributed by atoms with van der Waals surface area (Å²) in [6.07, 6.45) is 0. The molecule has 0 aliphatic rings. The van der Waals surface area contributed by atoms with E-state index in [-0.39, 0.29) is 17.0 Å². The summed E-state index contributed by atoms with van der Waals surface area (Å²) in [5.41, 5.74) is 11.4. The first-order valence-corrected chi connectivity index (χ1v) is 14.7. The van der Waals surface area contributed by atoms with Gasteiger partial charge in [-0.25, -0.2) is 14.5 Å². The van der Waals surface area contributed by atoms with Gasteiger partial charge < -0.3 is 16.4 Å². The van der Waals surface area contributed by atoms with Crippen LogP contribution >= 0.6 is 34.5 Å². The second-order valence-electron chi connectivity index (χ2n) is 9.63. The van der Waals surface area contributed by atoms with E-state index in [1.165, 1.54) is 11.3 Å². The van der Waals surface area contributed by atoms with Crippen LogP contribution in [0.4, 0.5) is 23.0 Å². The standard InChI is InChI=1S/C32H21Cl2N7OS/c33-19-12-10-18(11-13-19)27-25(32-38-23-8-4-5-9-24(23)43-32)28(35)39-30-26(31(42)37-22-16-14-20(34)15-17-22)29(40-41(27)30)36-21-6-2-1-3-7-21/h1-17H,(H2,35,39)(H,36,40)(H,37,42). The Balaban J connectivity index is 1.49. The maximum atomic E-state index is 13.9. The maximum Gasteiger partial charge on any atom is 0.263 e. The molecule has 0 bridgehead atoms. The van der Waals surface area contributed by atoms with Gasteiger partial charge in [0.25, 0.3) is 5.91 Å². The van der Waals surface area contributed by atoms with Crippen LogP contribution in [0.15, 0.2) is 103 Å². The second kappa shape index (κ2) is 11.0. The number of amides is 1. The average Bonchev–Trinajstić information content (AvgIpc) is 3.59. The van der Waals surface area contributed by atoms with Crippen molar-refractivity contribution in [3.8, 4) is 21.8 Å². The third-order valence-electron chi connectivity index (χ3n) is 6.78. The number of nitrogen functional groups attached to an aromatic ring is 1. The molecule has 7 aromatic rings. The zero-order chi connectivity index (χ0) is 29.5. The van der Waals surface area contributed by atoms with E-state index >= 15 is 0 Å². The number of nitrogens with two attached hydrogens (primary N) is 1. The first-order valence-electron chi connectivity index (χ1n) is 13.2. The second-order valence-corrected chi connectivity index (χ2v) is 11.5. The summed E-state index contributed by atoms with van der Waals surface area (Å²) in [7, 11) is 0. The fraction of sp³-hybridized carbons (Fsp3) is 0. The van der Waals surface area contributed by atoms with E-state index < -0.39 is 5.91 Å². The number of aromatic nitrogens is 4. The van der Waals surface area contributed by atoms with Gasteiger partial charge in [0.15, 0.2) is 11.5 Å². The number of rotatable bonds is 6. The van der Waals surface area contributed by atoms with E-state index in [0.29, 0.717) is 37.8 Å². The molecule has 1 amide bonds. The third kappa shape index (κ3) is 5.14. The number of halogens is 2. The molecule has 11 heteroatoms. The van der Waals surface area contributed by atoms with Crippen molar-refractivity contribution in [2.75, 3.05) is 16.4 Å². The van der Waals surface area contributed by atoms with E-state index in [9.17, 15) is 4.79 Å². The Labute approximate surface area is 259 Å². The molecule has 8 nitrogen and oxygen atoms in total. The molecular weight excluding hydrogens is 601 g/mol. The average molecular weight is 623 g/mol. The zero-order valence-electron chi connectivity index (χ0n) is 22.3. The number of hydrogen-bond donors (Lipinski definition) is 3. The smallest absolute Gasteiger partial charge is 0.263 e. The van der Waals surface area contributed by atoms with E-state index in [0.717, 1.165) is 21.5 Å². The van der Waals surface area contributed by atoms with Crippen molar-refractivity contribution in [3.05, 3.63) is 119 Å². The van der Waals surface area contributed by atoms with Gasteiger partial charge in [-0.3, -0.25) is 4.79 Å². The summed E-state index contributed by atoms with van der Waals surface area (Å²) in [5, 5.41) is 13.0. The molecule has 0 aliphatic carbocycles. The molecule has 7 rings (SSSR count). The molecular formula is C32H21Cl2N7OS. The van der Waals surface area contributed by atoms with Gasteiger partial charge in [-0.1, -0.05) is 65.7 Å². The lowest BCUT2D eigenvalue weighted by atomic mass is 10.1. The molecule has 0 unspecified atom stereocenters. The number of benzene rings is 4. The highest BCUT2D eigenvalue weighted by Crippen LogP contribution is 2.41. The van der Waals surface area contributed by atoms with Crippen molar-refractivity contribution >= 4 is 79.3 Å². The molecule has 4 aromatic carbocycles. The van der Waals surface area contributed by atoms with Crippen LogP contribution in [0, 0.1) is 0 Å². The molecule has 4 N–H and O–H groups in total. The van der Waals surface area contributed by atoms with Gasteiger partial charge in [-0.2, -0.15) is 0 Å². The SMILES string of the molecule is Nc1nc2c(C(=O)Nc3ccc(Cl)cc3)c(Nc3ccccc3)nn2c(-c2ccc(Cl)cc2)c1-c1nc2ccccc2s1. The number of fused-ring (bicyclic) bond motifs is 2. The van der Waals surface area contributed by atoms with E-state index in [4.69, 9.17) is 44.0 Å². The van der Waals surface area contributed by atoms with Gasteiger partial charge >= 0.3 is 0 Å². The van der Waals surface area contributed by atoms with Crippen molar-refractivity contribution in [2.24, 2.45) is 0 Å². The van der Waals surface area contributed by atoms with Gasteiger partial charge in [0, 0.05) is 27.0 Å². The number of carbonyl (C=O) groups excluding carboxylic acids is 1. The fourth-order valence-electron chi connectivity index (χ4n) is 4.81. The number of para-hydroxylation sites is 2. The Bertz CT molecular complexity index is 2090. The van der Waals surface area contributed by atoms with Crippen LogP contribution in [0.5, 0.6) is 0 Å². The highest BCUT2D eigenvalue weighted by molar-refractivity contribution is 7.21. The quantitative estimate of drug-likeness (QED) is 0.171. The minimum atomic E-state index is -0.419. The largest absolute Gasteiger partial charge is 0.383 e. The number of hydrogen-bond acceptors (Lipinski definition) is 7. The number of nitrogens with zero attached hydrogens (tertiary/aromatic N) is 4. The summed E-state index contributed by atoms with van der Waals surface area (Å²) < 4.78 is 2.65. The molecule has 0 aliphatic heterocycles. The summed E-state index contributed by atoms with van der Waals surface area (Å²) in [6.45, 7) is 0. The predicted octanol–water partition coefficient (Wildman–Crippen LogP) is 8.56. The van der Waals surface area contributed by atoms with Gasteiger partial charge in [0.05, 0.1) is 21.5 Å². The van der Waals surface area contributed by atoms with Crippen LogP contribution in [0.25, 0.3) is 37.7 Å². The fourth-order valence-corrected chi connectivity index (χ4v) is 6.08. The highest BCUT2D eigenvalue weighted by Gasteiger charge is 2.28. The Morgan fingerprint density at radius 1 is 0.791 bits per heavy atom. The summed E-state index contributed by atoms with van der Waals surface area (Å²) in [6, 6.07) is 31.6. The van der Waals surface area contributed by atoms with Crippen LogP contribution in [-0.2, 0) is 0 Å². The molecule has 43 heavy (non-hydrogen) atoms. The predicted molar refractivity (Wildman–Crippen MR) is 176 cm³/mol. The van der Waals surface area contributed by atoms with Crippen LogP contribution in [0.3, 0.4) is 0 Å². The van der Waals surface area contributed by atoms with Gasteiger partial charge in [0.2, 0.25) is 0 Å². The number of thiazole rings is 1. The minimum Gasteiger partial charge on any atom is -0.383 e. The Morgan fingerprint density at radius 3 is 2.19 bits per heavy atom. The Hall–Kier alpha value is -4.96. The molecule has 210 valence electrons. The number of anilines is 4. The maximum absolute atomic E-state index is 13.9. The highest BCUT2D eigenvalue weighted by atomic mass is 35.5. The normalized spacial score (nSPS) is 11.2. The number of nitrogens with one attached hydrogen (secondary N) is 2. The van der Waals surface area contributed by atoms with Crippen molar-refractivity contribution in [3.63, 3.8) is 0 Å². The van der Waals surface area contributed by atoms with Crippen LogP contribution in [0.1, 0.15) is 10.4 Å². The molecule has 3 aromatic heterocycles. The molecule has 0 spiro atoms. The summed E-state index contributed by atoms with van der Waals surface area (Å²) >= 11 is 13.8. The van der Waals surface area contributed by atoms with Crippen molar-refractivity contribution in [1.29, 1.82) is 0 Å². The third-order valence-corrected chi connectivity index (χ3v) is 8.34. The van der Waals surface area contributed by atoms with Crippen LogP contribution in [-0.4, -0.2) is 25.5 Å². The molecule has 0 fully saturated rings. The van der Waals surface area contributed by atoms with Crippen molar-refractivity contribution < 1.29 is 4.79 Å². The molecule has 0 atom stereocenters. The molecule has 0 saturated heterocycles. The number of carbonyl (C=O) groups is 1. The monoisotopic (exact) mass is 621 g/mol. The van der Waals surface area contributed by atoms with E-state index in [1.54, 1.807) is 40.9 Å². The van der Waals surface area contributed by atoms with Gasteiger partial charge in [-0.15, -0.1) is 16.4 Å². The van der Waals surface area contributed by atoms with Crippen molar-refractivity contribution in [2.45, 2.75) is 0 Å². The van der Waals surface area contributed by atoms with Crippen molar-refractivity contribution in [1.82, 2.24) is 19.6 Å². The van der Waals surface area contributed by atoms with Gasteiger partial charge in [0.1, 0.15) is 16.4 Å². The lowest BCUT2D eigenvalue weighted by Gasteiger charge is -2.13. The van der Waals surface area contributed by atoms with E-state index in [1.807, 2.05) is 66.7 Å². The molecule has 0 radical (unpaired) electrons. The zero-order valence-corrected chi connectivity index (χ0v) is 24.6. The Kier molecular flexibility index (Phi) is 6.90. The molecule has 3 heterocycles. The Morgan fingerprint density at radius 2 is 1.47 bits per heavy atom. The van der Waals surface area contributed by atoms with Crippen LogP contribution < -0.4 is 16.4 Å². The first-order chi connectivity index (χ1) is 20.9. The van der Waals surface area contributed by atoms with Crippen LogP contribution in [0.2, 0.25) is 10.0 Å². The lowest BCUT2D eigenvalue weighted by Crippen LogP contribution is -2.14. The molecule has 0 saturated carbocycles. The minimum absolute atomic E-state index is 0.211. The topological polar surface area (TPSA) is 110 Å². The van der Waals surface area contributed by atoms with E-state index in [2.05, 4.69) is 10.6 Å². The first kappa shape index (κ1) is 26.9. The lowest BCUT2D eigenvalue weighted by molar-refractivity contribution is 0.102. The van der Waals surface area contributed by atoms with Gasteiger partial charge in [-0.05, 0) is 60.7 Å². The summed E-state index contributed by atoms with van der Waals surface area (Å²) in [5.74, 6) is 0.0990. The summed E-state index contributed by atoms with van der Waals surface area (Å²) in [4.78, 5) is 23.6.